The summed E-state index contributed by atoms with van der Waals surface area (Å²) in [5.41, 5.74) is 1.15. The van der Waals surface area contributed by atoms with Crippen LogP contribution in [0.1, 0.15) is 58.8 Å². The smallest absolute Gasteiger partial charge is 0.155 e. The van der Waals surface area contributed by atoms with Gasteiger partial charge in [-0.2, -0.15) is 0 Å². The van der Waals surface area contributed by atoms with Crippen molar-refractivity contribution in [3.05, 3.63) is 11.6 Å². The average Bonchev–Trinajstić information content (AvgIpc) is 3.12. The van der Waals surface area contributed by atoms with E-state index in [1.165, 1.54) is 5.57 Å². The third-order valence-electron chi connectivity index (χ3n) is 8.04. The highest BCUT2D eigenvalue weighted by molar-refractivity contribution is 5.92. The maximum absolute atomic E-state index is 12.5. The lowest BCUT2D eigenvalue weighted by atomic mass is 9.47. The molecule has 22 heavy (non-hydrogen) atoms. The summed E-state index contributed by atoms with van der Waals surface area (Å²) in [6, 6.07) is 0. The summed E-state index contributed by atoms with van der Waals surface area (Å²) >= 11 is 0. The highest BCUT2D eigenvalue weighted by Crippen LogP contribution is 2.74. The van der Waals surface area contributed by atoms with Gasteiger partial charge >= 0.3 is 0 Å². The molecule has 4 aliphatic carbocycles. The van der Waals surface area contributed by atoms with E-state index in [1.54, 1.807) is 0 Å². The zero-order valence-electron chi connectivity index (χ0n) is 13.5. The van der Waals surface area contributed by atoms with Crippen molar-refractivity contribution < 1.29 is 14.3 Å². The van der Waals surface area contributed by atoms with Crippen molar-refractivity contribution in [2.75, 3.05) is 0 Å². The molecule has 1 saturated heterocycles. The Balaban J connectivity index is 1.61. The molecule has 3 nitrogen and oxygen atoms in total. The minimum Gasteiger partial charge on any atom is -0.365 e. The predicted molar refractivity (Wildman–Crippen MR) is 81.2 cm³/mol. The number of ether oxygens (including phenoxy) is 1. The molecule has 118 valence electrons. The molecule has 3 saturated carbocycles. The van der Waals surface area contributed by atoms with Gasteiger partial charge in [-0.05, 0) is 50.0 Å². The Morgan fingerprint density at radius 1 is 1.09 bits per heavy atom. The molecule has 5 rings (SSSR count). The molecule has 0 bridgehead atoms. The van der Waals surface area contributed by atoms with E-state index >= 15 is 0 Å². The summed E-state index contributed by atoms with van der Waals surface area (Å²) in [5, 5.41) is 0. The first-order valence-corrected chi connectivity index (χ1v) is 8.87. The minimum absolute atomic E-state index is 0.0292. The third-order valence-corrected chi connectivity index (χ3v) is 8.04. The molecule has 5 aliphatic rings. The van der Waals surface area contributed by atoms with Crippen molar-refractivity contribution in [2.24, 2.45) is 22.7 Å². The van der Waals surface area contributed by atoms with E-state index in [1.807, 2.05) is 6.08 Å². The fourth-order valence-corrected chi connectivity index (χ4v) is 6.79. The molecule has 4 fully saturated rings. The van der Waals surface area contributed by atoms with Crippen molar-refractivity contribution in [3.63, 3.8) is 0 Å². The SMILES string of the molecule is CC12C[C@@H]3OC34C(CCC3=CC(=O)CCC34C)C1CCC2=O. The molecular formula is C19H24O3. The van der Waals surface area contributed by atoms with Crippen molar-refractivity contribution in [1.82, 2.24) is 0 Å². The first-order chi connectivity index (χ1) is 10.4. The molecule has 0 aromatic heterocycles. The zero-order valence-corrected chi connectivity index (χ0v) is 13.5. The van der Waals surface area contributed by atoms with Crippen LogP contribution in [0.3, 0.4) is 0 Å². The fourth-order valence-electron chi connectivity index (χ4n) is 6.79. The van der Waals surface area contributed by atoms with Crippen LogP contribution in [0.2, 0.25) is 0 Å². The molecule has 1 spiro atoms. The van der Waals surface area contributed by atoms with E-state index in [2.05, 4.69) is 13.8 Å². The number of hydrogen-bond acceptors (Lipinski definition) is 3. The van der Waals surface area contributed by atoms with Crippen molar-refractivity contribution in [1.29, 1.82) is 0 Å². The van der Waals surface area contributed by atoms with Gasteiger partial charge in [0.15, 0.2) is 5.78 Å². The Morgan fingerprint density at radius 3 is 2.68 bits per heavy atom. The molecule has 0 amide bonds. The van der Waals surface area contributed by atoms with Gasteiger partial charge < -0.3 is 4.74 Å². The van der Waals surface area contributed by atoms with Crippen LogP contribution in [0.25, 0.3) is 0 Å². The molecule has 0 N–H and O–H groups in total. The monoisotopic (exact) mass is 300 g/mol. The number of fused-ring (bicyclic) bond motifs is 3. The summed E-state index contributed by atoms with van der Waals surface area (Å²) < 4.78 is 6.42. The van der Waals surface area contributed by atoms with E-state index in [9.17, 15) is 9.59 Å². The summed E-state index contributed by atoms with van der Waals surface area (Å²) in [4.78, 5) is 24.3. The minimum atomic E-state index is -0.141. The molecule has 3 heteroatoms. The maximum atomic E-state index is 12.5. The van der Waals surface area contributed by atoms with Crippen LogP contribution in [0.4, 0.5) is 0 Å². The van der Waals surface area contributed by atoms with Crippen LogP contribution in [-0.4, -0.2) is 23.3 Å². The lowest BCUT2D eigenvalue weighted by Gasteiger charge is -2.54. The molecule has 6 atom stereocenters. The van der Waals surface area contributed by atoms with Gasteiger partial charge in [-0.25, -0.2) is 0 Å². The summed E-state index contributed by atoms with van der Waals surface area (Å²) in [6.07, 6.45) is 8.58. The summed E-state index contributed by atoms with van der Waals surface area (Å²) in [5.74, 6) is 1.76. The van der Waals surface area contributed by atoms with Gasteiger partial charge in [0.2, 0.25) is 0 Å². The van der Waals surface area contributed by atoms with Gasteiger partial charge in [-0.15, -0.1) is 0 Å². The van der Waals surface area contributed by atoms with Crippen molar-refractivity contribution >= 4 is 11.6 Å². The van der Waals surface area contributed by atoms with E-state index < -0.39 is 0 Å². The Labute approximate surface area is 131 Å². The molecular weight excluding hydrogens is 276 g/mol. The van der Waals surface area contributed by atoms with Crippen LogP contribution < -0.4 is 0 Å². The number of hydrogen-bond donors (Lipinski definition) is 0. The first kappa shape index (κ1) is 13.5. The number of epoxide rings is 1. The predicted octanol–water partition coefficient (Wildman–Crippen LogP) is 3.22. The molecule has 0 aromatic carbocycles. The Hall–Kier alpha value is -0.960. The highest BCUT2D eigenvalue weighted by Gasteiger charge is 2.79. The van der Waals surface area contributed by atoms with E-state index in [-0.39, 0.29) is 28.3 Å². The van der Waals surface area contributed by atoms with Crippen LogP contribution >= 0.6 is 0 Å². The number of ketones is 2. The quantitative estimate of drug-likeness (QED) is 0.645. The fraction of sp³-hybridized carbons (Fsp3) is 0.789. The molecule has 1 heterocycles. The van der Waals surface area contributed by atoms with E-state index in [0.717, 1.165) is 38.5 Å². The standard InChI is InChI=1S/C19H24O3/c1-17-10-16-19(22-16)14(13(17)5-6-15(17)21)4-3-11-9-12(20)7-8-18(11,19)2/h9,13-14,16H,3-8,10H2,1-2H3/t13?,14?,16-,17?,18?,19?/m0/s1. The number of carbonyl (C=O) groups is 2. The van der Waals surface area contributed by atoms with Gasteiger partial charge in [0.1, 0.15) is 11.4 Å². The van der Waals surface area contributed by atoms with Gasteiger partial charge in [0, 0.05) is 23.7 Å². The van der Waals surface area contributed by atoms with Crippen molar-refractivity contribution in [2.45, 2.75) is 70.5 Å². The Morgan fingerprint density at radius 2 is 1.86 bits per heavy atom. The van der Waals surface area contributed by atoms with Crippen LogP contribution in [0.15, 0.2) is 11.6 Å². The summed E-state index contributed by atoms with van der Waals surface area (Å²) in [6.45, 7) is 4.52. The second-order valence-corrected chi connectivity index (χ2v) is 8.70. The average molecular weight is 300 g/mol. The van der Waals surface area contributed by atoms with Gasteiger partial charge in [-0.3, -0.25) is 9.59 Å². The third kappa shape index (κ3) is 1.26. The number of Topliss-reactive ketones (excluding diaryl/α,β-unsaturated/α-hetero) is 1. The van der Waals surface area contributed by atoms with Crippen LogP contribution in [0, 0.1) is 22.7 Å². The van der Waals surface area contributed by atoms with Gasteiger partial charge in [0.05, 0.1) is 6.10 Å². The zero-order chi connectivity index (χ0) is 15.3. The molecule has 0 radical (unpaired) electrons. The molecule has 1 aliphatic heterocycles. The summed E-state index contributed by atoms with van der Waals surface area (Å²) in [7, 11) is 0. The largest absolute Gasteiger partial charge is 0.365 e. The topological polar surface area (TPSA) is 46.7 Å². The Kier molecular flexibility index (Phi) is 2.29. The molecule has 5 unspecified atom stereocenters. The van der Waals surface area contributed by atoms with Crippen LogP contribution in [0.5, 0.6) is 0 Å². The van der Waals surface area contributed by atoms with E-state index in [0.29, 0.717) is 24.0 Å². The van der Waals surface area contributed by atoms with Crippen LogP contribution in [-0.2, 0) is 14.3 Å². The van der Waals surface area contributed by atoms with Gasteiger partial charge in [0.25, 0.3) is 0 Å². The van der Waals surface area contributed by atoms with Gasteiger partial charge in [-0.1, -0.05) is 19.4 Å². The highest BCUT2D eigenvalue weighted by atomic mass is 16.6. The maximum Gasteiger partial charge on any atom is 0.155 e. The van der Waals surface area contributed by atoms with E-state index in [4.69, 9.17) is 4.74 Å². The second-order valence-electron chi connectivity index (χ2n) is 8.70. The number of carbonyl (C=O) groups excluding carboxylic acids is 2. The van der Waals surface area contributed by atoms with Crippen molar-refractivity contribution in [3.8, 4) is 0 Å². The lowest BCUT2D eigenvalue weighted by Crippen LogP contribution is -2.57. The Bertz CT molecular complexity index is 635. The first-order valence-electron chi connectivity index (χ1n) is 8.87. The number of rotatable bonds is 0. The lowest BCUT2D eigenvalue weighted by molar-refractivity contribution is -0.130. The molecule has 0 aromatic rings. The normalized spacial score (nSPS) is 55.7. The second kappa shape index (κ2) is 3.75.